The Kier molecular flexibility index (Phi) is 5.38. The monoisotopic (exact) mass is 255 g/mol. The summed E-state index contributed by atoms with van der Waals surface area (Å²) in [7, 11) is 0. The molecule has 0 amide bonds. The molecule has 1 saturated heterocycles. The second-order valence-electron chi connectivity index (χ2n) is 4.39. The zero-order chi connectivity index (χ0) is 11.9. The van der Waals surface area contributed by atoms with Crippen LogP contribution in [0, 0.1) is 0 Å². The quantitative estimate of drug-likeness (QED) is 0.782. The number of nitrogens with one attached hydrogen (secondary N) is 1. The lowest BCUT2D eigenvalue weighted by molar-refractivity contribution is 0.0374. The van der Waals surface area contributed by atoms with E-state index >= 15 is 0 Å². The van der Waals surface area contributed by atoms with Crippen molar-refractivity contribution < 1.29 is 4.74 Å². The molecule has 0 saturated carbocycles. The molecule has 1 unspecified atom stereocenters. The van der Waals surface area contributed by atoms with Gasteiger partial charge in [0.15, 0.2) is 0 Å². The summed E-state index contributed by atoms with van der Waals surface area (Å²) in [5.74, 6) is 0. The third kappa shape index (κ3) is 4.35. The summed E-state index contributed by atoms with van der Waals surface area (Å²) in [5, 5.41) is 3.54. The predicted octanol–water partition coefficient (Wildman–Crippen LogP) is 1.52. The summed E-state index contributed by atoms with van der Waals surface area (Å²) in [4.78, 5) is 7.89. The molecule has 0 radical (unpaired) electrons. The zero-order valence-electron chi connectivity index (χ0n) is 10.4. The van der Waals surface area contributed by atoms with Crippen LogP contribution in [0.1, 0.15) is 24.3 Å². The van der Waals surface area contributed by atoms with E-state index in [-0.39, 0.29) is 0 Å². The van der Waals surface area contributed by atoms with Gasteiger partial charge in [-0.3, -0.25) is 9.88 Å². The molecule has 5 heteroatoms. The molecular formula is C12H21N3OS. The molecule has 17 heavy (non-hydrogen) atoms. The lowest BCUT2D eigenvalue weighted by Gasteiger charge is -2.26. The minimum absolute atomic E-state index is 0.423. The highest BCUT2D eigenvalue weighted by Crippen LogP contribution is 2.15. The number of rotatable bonds is 6. The van der Waals surface area contributed by atoms with E-state index in [9.17, 15) is 0 Å². The average molecular weight is 255 g/mol. The minimum atomic E-state index is 0.423. The van der Waals surface area contributed by atoms with Gasteiger partial charge in [0.05, 0.1) is 18.7 Å². The van der Waals surface area contributed by atoms with Crippen LogP contribution in [0.4, 0.5) is 0 Å². The first-order chi connectivity index (χ1) is 8.36. The van der Waals surface area contributed by atoms with Gasteiger partial charge >= 0.3 is 0 Å². The van der Waals surface area contributed by atoms with Crippen molar-refractivity contribution in [3.8, 4) is 0 Å². The first kappa shape index (κ1) is 13.0. The van der Waals surface area contributed by atoms with Crippen molar-refractivity contribution in [3.63, 3.8) is 0 Å². The van der Waals surface area contributed by atoms with E-state index in [1.54, 1.807) is 11.3 Å². The highest BCUT2D eigenvalue weighted by molar-refractivity contribution is 7.09. The number of hydrogen-bond donors (Lipinski definition) is 1. The van der Waals surface area contributed by atoms with Gasteiger partial charge in [0, 0.05) is 30.2 Å². The van der Waals surface area contributed by atoms with Gasteiger partial charge in [-0.05, 0) is 26.4 Å². The maximum atomic E-state index is 5.33. The maximum absolute atomic E-state index is 5.33. The zero-order valence-corrected chi connectivity index (χ0v) is 11.2. The Morgan fingerprint density at radius 1 is 1.53 bits per heavy atom. The molecule has 1 fully saturated rings. The van der Waals surface area contributed by atoms with Gasteiger partial charge in [-0.15, -0.1) is 11.3 Å². The van der Waals surface area contributed by atoms with Crippen LogP contribution in [-0.4, -0.2) is 49.3 Å². The molecule has 1 aromatic rings. The minimum Gasteiger partial charge on any atom is -0.379 e. The predicted molar refractivity (Wildman–Crippen MR) is 70.4 cm³/mol. The van der Waals surface area contributed by atoms with Crippen molar-refractivity contribution in [3.05, 3.63) is 16.6 Å². The standard InChI is InChI=1S/C12H21N3OS/c1-11(12-9-13-10-17-12)14-3-2-4-15-5-7-16-8-6-15/h9-11,14H,2-8H2,1H3. The summed E-state index contributed by atoms with van der Waals surface area (Å²) in [6.45, 7) is 8.40. The van der Waals surface area contributed by atoms with Crippen molar-refractivity contribution in [1.29, 1.82) is 0 Å². The number of ether oxygens (including phenoxy) is 1. The summed E-state index contributed by atoms with van der Waals surface area (Å²) < 4.78 is 5.33. The molecule has 1 aromatic heterocycles. The lowest BCUT2D eigenvalue weighted by Crippen LogP contribution is -2.37. The van der Waals surface area contributed by atoms with Gasteiger partial charge in [0.2, 0.25) is 0 Å². The molecule has 1 N–H and O–H groups in total. The SMILES string of the molecule is CC(NCCCN1CCOCC1)c1cncs1. The summed E-state index contributed by atoms with van der Waals surface area (Å²) in [6, 6.07) is 0.423. The highest BCUT2D eigenvalue weighted by Gasteiger charge is 2.10. The second-order valence-corrected chi connectivity index (χ2v) is 5.31. The van der Waals surface area contributed by atoms with Gasteiger partial charge in [-0.25, -0.2) is 0 Å². The molecule has 0 aromatic carbocycles. The van der Waals surface area contributed by atoms with Crippen LogP contribution < -0.4 is 5.32 Å². The molecule has 0 spiro atoms. The van der Waals surface area contributed by atoms with Crippen molar-refractivity contribution in [1.82, 2.24) is 15.2 Å². The smallest absolute Gasteiger partial charge is 0.0794 e. The van der Waals surface area contributed by atoms with Crippen molar-refractivity contribution in [2.75, 3.05) is 39.4 Å². The van der Waals surface area contributed by atoms with E-state index in [4.69, 9.17) is 4.74 Å². The molecule has 0 aliphatic carbocycles. The van der Waals surface area contributed by atoms with Gasteiger partial charge in [0.1, 0.15) is 0 Å². The molecule has 1 aliphatic heterocycles. The molecule has 2 heterocycles. The first-order valence-corrected chi connectivity index (χ1v) is 7.16. The number of hydrogen-bond acceptors (Lipinski definition) is 5. The largest absolute Gasteiger partial charge is 0.379 e. The van der Waals surface area contributed by atoms with Crippen molar-refractivity contribution >= 4 is 11.3 Å². The van der Waals surface area contributed by atoms with Crippen LogP contribution in [0.15, 0.2) is 11.7 Å². The lowest BCUT2D eigenvalue weighted by atomic mass is 10.3. The first-order valence-electron chi connectivity index (χ1n) is 6.28. The number of aromatic nitrogens is 1. The average Bonchev–Trinajstić information content (AvgIpc) is 2.89. The summed E-state index contributed by atoms with van der Waals surface area (Å²) >= 11 is 1.72. The van der Waals surface area contributed by atoms with Crippen molar-refractivity contribution in [2.45, 2.75) is 19.4 Å². The van der Waals surface area contributed by atoms with Crippen LogP contribution in [0.5, 0.6) is 0 Å². The van der Waals surface area contributed by atoms with E-state index in [1.165, 1.54) is 17.8 Å². The normalized spacial score (nSPS) is 19.4. The van der Waals surface area contributed by atoms with Crippen LogP contribution in [-0.2, 0) is 4.74 Å². The molecule has 4 nitrogen and oxygen atoms in total. The van der Waals surface area contributed by atoms with E-state index in [0.717, 1.165) is 32.8 Å². The molecular weight excluding hydrogens is 234 g/mol. The van der Waals surface area contributed by atoms with Crippen LogP contribution in [0.2, 0.25) is 0 Å². The maximum Gasteiger partial charge on any atom is 0.0794 e. The Labute approximate surface area is 107 Å². The Morgan fingerprint density at radius 2 is 2.35 bits per heavy atom. The second kappa shape index (κ2) is 7.06. The van der Waals surface area contributed by atoms with Gasteiger partial charge < -0.3 is 10.1 Å². The fraction of sp³-hybridized carbons (Fsp3) is 0.750. The topological polar surface area (TPSA) is 37.4 Å². The number of thiazole rings is 1. The van der Waals surface area contributed by atoms with Gasteiger partial charge in [-0.2, -0.15) is 0 Å². The molecule has 1 atom stereocenters. The third-order valence-electron chi connectivity index (χ3n) is 3.08. The van der Waals surface area contributed by atoms with E-state index in [2.05, 4.69) is 22.1 Å². The molecule has 96 valence electrons. The van der Waals surface area contributed by atoms with E-state index < -0.39 is 0 Å². The summed E-state index contributed by atoms with van der Waals surface area (Å²) in [5.41, 5.74) is 1.89. The van der Waals surface area contributed by atoms with Crippen LogP contribution >= 0.6 is 11.3 Å². The fourth-order valence-corrected chi connectivity index (χ4v) is 2.64. The van der Waals surface area contributed by atoms with Crippen LogP contribution in [0.25, 0.3) is 0 Å². The Hall–Kier alpha value is -0.490. The highest BCUT2D eigenvalue weighted by atomic mass is 32.1. The van der Waals surface area contributed by atoms with Crippen molar-refractivity contribution in [2.24, 2.45) is 0 Å². The van der Waals surface area contributed by atoms with E-state index in [0.29, 0.717) is 6.04 Å². The number of morpholine rings is 1. The van der Waals surface area contributed by atoms with Gasteiger partial charge in [-0.1, -0.05) is 0 Å². The molecule has 0 bridgehead atoms. The fourth-order valence-electron chi connectivity index (χ4n) is 1.99. The summed E-state index contributed by atoms with van der Waals surface area (Å²) in [6.07, 6.45) is 3.15. The number of nitrogens with zero attached hydrogens (tertiary/aromatic N) is 2. The Balaban J connectivity index is 1.56. The van der Waals surface area contributed by atoms with E-state index in [1.807, 2.05) is 11.7 Å². The Bertz CT molecular complexity index is 299. The van der Waals surface area contributed by atoms with Crippen LogP contribution in [0.3, 0.4) is 0 Å². The molecule has 1 aliphatic rings. The third-order valence-corrected chi connectivity index (χ3v) is 4.04. The Morgan fingerprint density at radius 3 is 3.06 bits per heavy atom. The molecule has 2 rings (SSSR count). The van der Waals surface area contributed by atoms with Gasteiger partial charge in [0.25, 0.3) is 0 Å².